The molecule has 1 heterocycles. The first-order chi connectivity index (χ1) is 9.31. The Labute approximate surface area is 116 Å². The van der Waals surface area contributed by atoms with Gasteiger partial charge in [-0.05, 0) is 19.1 Å². The molecule has 1 aromatic carbocycles. The maximum absolute atomic E-state index is 11.9. The first kappa shape index (κ1) is 14.5. The maximum atomic E-state index is 11.9. The van der Waals surface area contributed by atoms with Crippen molar-refractivity contribution in [1.29, 1.82) is 0 Å². The average molecular weight is 297 g/mol. The fraction of sp³-hybridized carbons (Fsp3) is 0.308. The van der Waals surface area contributed by atoms with E-state index in [0.29, 0.717) is 11.3 Å². The lowest BCUT2D eigenvalue weighted by molar-refractivity contribution is -0.134. The molecule has 1 atom stereocenters. The number of para-hydroxylation sites is 1. The van der Waals surface area contributed by atoms with E-state index in [1.165, 1.54) is 7.05 Å². The molecule has 7 heteroatoms. The molecule has 6 nitrogen and oxygen atoms in total. The van der Waals surface area contributed by atoms with Gasteiger partial charge in [-0.3, -0.25) is 4.79 Å². The number of carboxylic acid groups (broad SMARTS) is 1. The first-order valence-corrected chi connectivity index (χ1v) is 7.58. The molecule has 0 aliphatic heterocycles. The molecule has 1 aromatic heterocycles. The number of carboxylic acids is 1. The van der Waals surface area contributed by atoms with E-state index in [2.05, 4.69) is 0 Å². The molecule has 0 saturated heterocycles. The second-order valence-electron chi connectivity index (χ2n) is 4.53. The summed E-state index contributed by atoms with van der Waals surface area (Å²) in [5, 5.41) is 9.51. The van der Waals surface area contributed by atoms with E-state index < -0.39 is 27.8 Å². The Morgan fingerprint density at radius 1 is 1.40 bits per heavy atom. The highest BCUT2D eigenvalue weighted by atomic mass is 32.2. The van der Waals surface area contributed by atoms with Crippen molar-refractivity contribution in [2.75, 3.05) is 12.8 Å². The molecule has 0 bridgehead atoms. The summed E-state index contributed by atoms with van der Waals surface area (Å²) in [6.45, 7) is 1.65. The highest BCUT2D eigenvalue weighted by molar-refractivity contribution is 7.89. The van der Waals surface area contributed by atoms with Crippen molar-refractivity contribution in [3.63, 3.8) is 0 Å². The molecule has 0 aliphatic carbocycles. The molecule has 108 valence electrons. The molecule has 0 saturated carbocycles. The molecular weight excluding hydrogens is 282 g/mol. The van der Waals surface area contributed by atoms with Gasteiger partial charge in [0.15, 0.2) is 5.75 Å². The molecule has 20 heavy (non-hydrogen) atoms. The summed E-state index contributed by atoms with van der Waals surface area (Å²) in [5.74, 6) is -1.84. The first-order valence-electron chi connectivity index (χ1n) is 5.97. The zero-order valence-electron chi connectivity index (χ0n) is 11.1. The summed E-state index contributed by atoms with van der Waals surface area (Å²) in [7, 11) is -2.53. The van der Waals surface area contributed by atoms with Crippen molar-refractivity contribution in [1.82, 2.24) is 4.31 Å². The molecule has 1 N–H and O–H groups in total. The van der Waals surface area contributed by atoms with Crippen LogP contribution in [0, 0.1) is 0 Å². The highest BCUT2D eigenvalue weighted by Gasteiger charge is 2.28. The highest BCUT2D eigenvalue weighted by Crippen LogP contribution is 2.28. The van der Waals surface area contributed by atoms with Crippen LogP contribution >= 0.6 is 0 Å². The Morgan fingerprint density at radius 3 is 2.65 bits per heavy atom. The summed E-state index contributed by atoms with van der Waals surface area (Å²) >= 11 is 0. The summed E-state index contributed by atoms with van der Waals surface area (Å²) in [5.41, 5.74) is 0.665. The molecule has 1 unspecified atom stereocenters. The number of benzene rings is 1. The summed E-state index contributed by atoms with van der Waals surface area (Å²) in [6, 6.07) is 8.51. The van der Waals surface area contributed by atoms with E-state index in [1.54, 1.807) is 19.1 Å². The summed E-state index contributed by atoms with van der Waals surface area (Å²) < 4.78 is 30.4. The molecule has 2 rings (SSSR count). The third kappa shape index (κ3) is 2.83. The monoisotopic (exact) mass is 297 g/mol. The van der Waals surface area contributed by atoms with Gasteiger partial charge in [-0.2, -0.15) is 4.31 Å². The number of nitrogens with zero attached hydrogens (tertiary/aromatic N) is 1. The average Bonchev–Trinajstić information content (AvgIpc) is 2.79. The van der Waals surface area contributed by atoms with Crippen molar-refractivity contribution in [3.8, 4) is 0 Å². The van der Waals surface area contributed by atoms with E-state index in [9.17, 15) is 13.2 Å². The van der Waals surface area contributed by atoms with Crippen LogP contribution in [-0.4, -0.2) is 36.6 Å². The van der Waals surface area contributed by atoms with Gasteiger partial charge in [0.25, 0.3) is 0 Å². The number of fused-ring (bicyclic) bond motifs is 1. The maximum Gasteiger partial charge on any atom is 0.320 e. The molecule has 0 spiro atoms. The number of hydrogen-bond donors (Lipinski definition) is 1. The van der Waals surface area contributed by atoms with Crippen molar-refractivity contribution in [2.45, 2.75) is 13.0 Å². The van der Waals surface area contributed by atoms with Gasteiger partial charge in [0.05, 0.1) is 6.04 Å². The standard InChI is InChI=1S/C13H15NO5S/c1-9(14(2)20(17,18)8-13(15)16)12-7-10-5-3-4-6-11(10)19-12/h3-7,9H,8H2,1-2H3,(H,15,16). The number of sulfonamides is 1. The lowest BCUT2D eigenvalue weighted by atomic mass is 10.2. The van der Waals surface area contributed by atoms with Crippen molar-refractivity contribution in [3.05, 3.63) is 36.1 Å². The lowest BCUT2D eigenvalue weighted by Crippen LogP contribution is -2.34. The molecule has 0 fully saturated rings. The third-order valence-electron chi connectivity index (χ3n) is 3.15. The van der Waals surface area contributed by atoms with Gasteiger partial charge < -0.3 is 9.52 Å². The Bertz CT molecular complexity index is 701. The zero-order valence-corrected chi connectivity index (χ0v) is 11.9. The van der Waals surface area contributed by atoms with E-state index in [4.69, 9.17) is 9.52 Å². The van der Waals surface area contributed by atoms with Crippen LogP contribution in [0.25, 0.3) is 11.0 Å². The molecule has 0 amide bonds. The van der Waals surface area contributed by atoms with Gasteiger partial charge in [0, 0.05) is 12.4 Å². The normalized spacial score (nSPS) is 13.8. The van der Waals surface area contributed by atoms with Crippen molar-refractivity contribution < 1.29 is 22.7 Å². The fourth-order valence-corrected chi connectivity index (χ4v) is 2.99. The molecule has 2 aromatic rings. The molecule has 0 radical (unpaired) electrons. The number of aliphatic carboxylic acids is 1. The number of carbonyl (C=O) groups is 1. The van der Waals surface area contributed by atoms with Gasteiger partial charge in [-0.1, -0.05) is 18.2 Å². The minimum Gasteiger partial charge on any atom is -0.480 e. The smallest absolute Gasteiger partial charge is 0.320 e. The second kappa shape index (κ2) is 5.26. The van der Waals surface area contributed by atoms with E-state index in [-0.39, 0.29) is 0 Å². The van der Waals surface area contributed by atoms with Gasteiger partial charge in [0.1, 0.15) is 11.3 Å². The van der Waals surface area contributed by atoms with Crippen LogP contribution in [0.2, 0.25) is 0 Å². The fourth-order valence-electron chi connectivity index (χ4n) is 1.89. The largest absolute Gasteiger partial charge is 0.480 e. The van der Waals surface area contributed by atoms with Crippen molar-refractivity contribution in [2.24, 2.45) is 0 Å². The van der Waals surface area contributed by atoms with Crippen LogP contribution in [0.15, 0.2) is 34.7 Å². The van der Waals surface area contributed by atoms with E-state index in [1.807, 2.05) is 18.2 Å². The Hall–Kier alpha value is -1.86. The van der Waals surface area contributed by atoms with E-state index in [0.717, 1.165) is 9.69 Å². The van der Waals surface area contributed by atoms with Crippen LogP contribution in [0.5, 0.6) is 0 Å². The van der Waals surface area contributed by atoms with Gasteiger partial charge in [0.2, 0.25) is 10.0 Å². The van der Waals surface area contributed by atoms with Crippen LogP contribution in [0.1, 0.15) is 18.7 Å². The Kier molecular flexibility index (Phi) is 3.82. The third-order valence-corrected chi connectivity index (χ3v) is 4.95. The van der Waals surface area contributed by atoms with E-state index >= 15 is 0 Å². The van der Waals surface area contributed by atoms with Crippen LogP contribution in [-0.2, 0) is 14.8 Å². The Balaban J connectivity index is 2.30. The zero-order chi connectivity index (χ0) is 14.9. The van der Waals surface area contributed by atoms with Gasteiger partial charge in [-0.25, -0.2) is 8.42 Å². The van der Waals surface area contributed by atoms with Crippen molar-refractivity contribution >= 4 is 27.0 Å². The second-order valence-corrected chi connectivity index (χ2v) is 6.56. The van der Waals surface area contributed by atoms with Crippen LogP contribution in [0.4, 0.5) is 0 Å². The molecular formula is C13H15NO5S. The Morgan fingerprint density at radius 2 is 2.05 bits per heavy atom. The quantitative estimate of drug-likeness (QED) is 0.909. The predicted molar refractivity (Wildman–Crippen MR) is 73.8 cm³/mol. The number of rotatable bonds is 5. The minimum atomic E-state index is -3.87. The van der Waals surface area contributed by atoms with Crippen LogP contribution in [0.3, 0.4) is 0 Å². The van der Waals surface area contributed by atoms with Gasteiger partial charge in [-0.15, -0.1) is 0 Å². The van der Waals surface area contributed by atoms with Gasteiger partial charge >= 0.3 is 5.97 Å². The minimum absolute atomic E-state index is 0.475. The van der Waals surface area contributed by atoms with Crippen LogP contribution < -0.4 is 0 Å². The lowest BCUT2D eigenvalue weighted by Gasteiger charge is -2.21. The summed E-state index contributed by atoms with van der Waals surface area (Å²) in [4.78, 5) is 10.6. The topological polar surface area (TPSA) is 87.8 Å². The number of furan rings is 1. The summed E-state index contributed by atoms with van der Waals surface area (Å²) in [6.07, 6.45) is 0. The predicted octanol–water partition coefficient (Wildman–Crippen LogP) is 1.84. The number of hydrogen-bond acceptors (Lipinski definition) is 4. The SMILES string of the molecule is CC(c1cc2ccccc2o1)N(C)S(=O)(=O)CC(=O)O. The molecule has 0 aliphatic rings.